The van der Waals surface area contributed by atoms with Crippen LogP contribution < -0.4 is 0 Å². The summed E-state index contributed by atoms with van der Waals surface area (Å²) in [5, 5.41) is 8.87. The third-order valence-corrected chi connectivity index (χ3v) is 3.48. The van der Waals surface area contributed by atoms with Crippen molar-refractivity contribution in [3.05, 3.63) is 0 Å². The maximum absolute atomic E-state index is 12.0. The lowest BCUT2D eigenvalue weighted by atomic mass is 10.1. The second kappa shape index (κ2) is 6.38. The van der Waals surface area contributed by atoms with Crippen LogP contribution in [-0.4, -0.2) is 47.7 Å². The van der Waals surface area contributed by atoms with Gasteiger partial charge in [-0.1, -0.05) is 0 Å². The molecule has 1 aliphatic heterocycles. The maximum Gasteiger partial charge on any atom is 0.308 e. The monoisotopic (exact) mass is 277 g/mol. The Morgan fingerprint density at radius 1 is 1.39 bits per heavy atom. The van der Waals surface area contributed by atoms with Gasteiger partial charge in [-0.25, -0.2) is 0 Å². The summed E-state index contributed by atoms with van der Waals surface area (Å²) in [6.45, 7) is 3.26. The van der Waals surface area contributed by atoms with E-state index >= 15 is 0 Å². The molecule has 1 N–H and O–H groups in total. The normalized spacial score (nSPS) is 24.5. The van der Waals surface area contributed by atoms with E-state index in [0.717, 1.165) is 0 Å². The number of likely N-dealkylation sites (tertiary alicyclic amines) is 1. The van der Waals surface area contributed by atoms with E-state index in [9.17, 15) is 9.59 Å². The highest BCUT2D eigenvalue weighted by Gasteiger charge is 2.33. The first kappa shape index (κ1) is 15.2. The van der Waals surface area contributed by atoms with Crippen LogP contribution in [0.15, 0.2) is 0 Å². The molecular weight excluding hydrogens is 258 g/mol. The number of halogens is 1. The Balaban J connectivity index is 0.00000162. The largest absolute Gasteiger partial charge is 0.481 e. The van der Waals surface area contributed by atoms with Crippen LogP contribution in [0.3, 0.4) is 0 Å². The molecule has 5 nitrogen and oxygen atoms in total. The molecule has 104 valence electrons. The molecule has 0 aromatic carbocycles. The molecule has 2 unspecified atom stereocenters. The highest BCUT2D eigenvalue weighted by Crippen LogP contribution is 2.29. The van der Waals surface area contributed by atoms with E-state index < -0.39 is 18.0 Å². The minimum absolute atomic E-state index is 0. The average Bonchev–Trinajstić information content (AvgIpc) is 2.99. The van der Waals surface area contributed by atoms with Crippen LogP contribution in [0.5, 0.6) is 0 Å². The predicted octanol–water partition coefficient (Wildman–Crippen LogP) is 1.16. The molecule has 1 heterocycles. The van der Waals surface area contributed by atoms with Crippen LogP contribution in [0.1, 0.15) is 26.2 Å². The SMILES string of the molecule is CC(OCC1CC1)C(=O)N1CCC(C(=O)O)C1.Cl. The van der Waals surface area contributed by atoms with Crippen molar-refractivity contribution in [3.63, 3.8) is 0 Å². The Bertz CT molecular complexity index is 319. The number of amides is 1. The maximum atomic E-state index is 12.0. The fraction of sp³-hybridized carbons (Fsp3) is 0.833. The lowest BCUT2D eigenvalue weighted by molar-refractivity contribution is -0.143. The van der Waals surface area contributed by atoms with Gasteiger partial charge in [-0.2, -0.15) is 0 Å². The van der Waals surface area contributed by atoms with Crippen LogP contribution >= 0.6 is 12.4 Å². The standard InChI is InChI=1S/C12H19NO4.ClH/c1-8(17-7-9-2-3-9)11(14)13-5-4-10(6-13)12(15)16;/h8-10H,2-7H2,1H3,(H,15,16);1H. The number of hydrogen-bond donors (Lipinski definition) is 1. The van der Waals surface area contributed by atoms with Crippen LogP contribution in [0.2, 0.25) is 0 Å². The summed E-state index contributed by atoms with van der Waals surface area (Å²) in [6.07, 6.45) is 2.51. The molecule has 0 radical (unpaired) electrons. The van der Waals surface area contributed by atoms with Gasteiger partial charge in [0.2, 0.25) is 0 Å². The zero-order valence-corrected chi connectivity index (χ0v) is 11.3. The Morgan fingerprint density at radius 2 is 2.06 bits per heavy atom. The predicted molar refractivity (Wildman–Crippen MR) is 67.7 cm³/mol. The number of ether oxygens (including phenoxy) is 1. The quantitative estimate of drug-likeness (QED) is 0.819. The first-order valence-electron chi connectivity index (χ1n) is 6.21. The molecule has 0 bridgehead atoms. The topological polar surface area (TPSA) is 66.8 Å². The van der Waals surface area contributed by atoms with Crippen LogP contribution in [0.4, 0.5) is 0 Å². The van der Waals surface area contributed by atoms with Crippen LogP contribution in [0.25, 0.3) is 0 Å². The molecule has 6 heteroatoms. The summed E-state index contributed by atoms with van der Waals surface area (Å²) < 4.78 is 5.50. The van der Waals surface area contributed by atoms with Crippen LogP contribution in [-0.2, 0) is 14.3 Å². The fourth-order valence-corrected chi connectivity index (χ4v) is 2.06. The molecule has 2 atom stereocenters. The summed E-state index contributed by atoms with van der Waals surface area (Å²) in [7, 11) is 0. The number of rotatable bonds is 5. The van der Waals surface area contributed by atoms with Gasteiger partial charge in [-0.3, -0.25) is 9.59 Å². The smallest absolute Gasteiger partial charge is 0.308 e. The molecular formula is C12H20ClNO4. The lowest BCUT2D eigenvalue weighted by Gasteiger charge is -2.20. The van der Waals surface area contributed by atoms with E-state index in [4.69, 9.17) is 9.84 Å². The third kappa shape index (κ3) is 3.85. The van der Waals surface area contributed by atoms with Gasteiger partial charge < -0.3 is 14.7 Å². The Hall–Kier alpha value is -0.810. The second-order valence-electron chi connectivity index (χ2n) is 5.03. The average molecular weight is 278 g/mol. The molecule has 0 spiro atoms. The highest BCUT2D eigenvalue weighted by atomic mass is 35.5. The van der Waals surface area contributed by atoms with Crippen molar-refractivity contribution in [3.8, 4) is 0 Å². The lowest BCUT2D eigenvalue weighted by Crippen LogP contribution is -2.38. The number of aliphatic carboxylic acids is 1. The summed E-state index contributed by atoms with van der Waals surface area (Å²) >= 11 is 0. The highest BCUT2D eigenvalue weighted by molar-refractivity contribution is 5.85. The van der Waals surface area contributed by atoms with E-state index in [1.54, 1.807) is 11.8 Å². The fourth-order valence-electron chi connectivity index (χ4n) is 2.06. The summed E-state index contributed by atoms with van der Waals surface area (Å²) in [4.78, 5) is 24.4. The minimum Gasteiger partial charge on any atom is -0.481 e. The van der Waals surface area contributed by atoms with E-state index in [0.29, 0.717) is 32.0 Å². The van der Waals surface area contributed by atoms with Crippen molar-refractivity contribution in [1.82, 2.24) is 4.90 Å². The van der Waals surface area contributed by atoms with Crippen molar-refractivity contribution in [2.75, 3.05) is 19.7 Å². The number of carbonyl (C=O) groups is 2. The van der Waals surface area contributed by atoms with Gasteiger partial charge in [0.25, 0.3) is 5.91 Å². The first-order valence-corrected chi connectivity index (χ1v) is 6.21. The molecule has 1 saturated carbocycles. The van der Waals surface area contributed by atoms with E-state index in [1.807, 2.05) is 0 Å². The molecule has 2 rings (SSSR count). The molecule has 0 aromatic heterocycles. The molecule has 1 aliphatic carbocycles. The first-order chi connectivity index (χ1) is 8.08. The second-order valence-corrected chi connectivity index (χ2v) is 5.03. The minimum atomic E-state index is -0.813. The van der Waals surface area contributed by atoms with Crippen molar-refractivity contribution >= 4 is 24.3 Å². The number of hydrogen-bond acceptors (Lipinski definition) is 3. The summed E-state index contributed by atoms with van der Waals surface area (Å²) in [5.41, 5.74) is 0. The van der Waals surface area contributed by atoms with Gasteiger partial charge in [0, 0.05) is 13.1 Å². The third-order valence-electron chi connectivity index (χ3n) is 3.48. The zero-order chi connectivity index (χ0) is 12.4. The molecule has 2 aliphatic rings. The number of nitrogens with zero attached hydrogens (tertiary/aromatic N) is 1. The molecule has 0 aromatic rings. The van der Waals surface area contributed by atoms with Gasteiger partial charge in [-0.15, -0.1) is 12.4 Å². The van der Waals surface area contributed by atoms with Gasteiger partial charge in [-0.05, 0) is 32.1 Å². The Labute approximate surface area is 113 Å². The number of carboxylic acid groups (broad SMARTS) is 1. The van der Waals surface area contributed by atoms with Gasteiger partial charge in [0.05, 0.1) is 12.5 Å². The van der Waals surface area contributed by atoms with Crippen molar-refractivity contribution < 1.29 is 19.4 Å². The van der Waals surface area contributed by atoms with Gasteiger partial charge in [0.15, 0.2) is 0 Å². The van der Waals surface area contributed by atoms with Gasteiger partial charge >= 0.3 is 5.97 Å². The van der Waals surface area contributed by atoms with E-state index in [-0.39, 0.29) is 18.3 Å². The molecule has 18 heavy (non-hydrogen) atoms. The van der Waals surface area contributed by atoms with Crippen molar-refractivity contribution in [2.45, 2.75) is 32.3 Å². The van der Waals surface area contributed by atoms with E-state index in [1.165, 1.54) is 12.8 Å². The molecule has 1 amide bonds. The molecule has 2 fully saturated rings. The summed E-state index contributed by atoms with van der Waals surface area (Å²) in [5.74, 6) is -0.661. The zero-order valence-electron chi connectivity index (χ0n) is 10.5. The van der Waals surface area contributed by atoms with Crippen LogP contribution in [0, 0.1) is 11.8 Å². The Kier molecular flexibility index (Phi) is 5.41. The van der Waals surface area contributed by atoms with Gasteiger partial charge in [0.1, 0.15) is 6.10 Å². The number of carbonyl (C=O) groups excluding carboxylic acids is 1. The van der Waals surface area contributed by atoms with E-state index in [2.05, 4.69) is 0 Å². The molecule has 1 saturated heterocycles. The Morgan fingerprint density at radius 3 is 2.56 bits per heavy atom. The van der Waals surface area contributed by atoms with Crippen molar-refractivity contribution in [2.24, 2.45) is 11.8 Å². The number of carboxylic acids is 1. The summed E-state index contributed by atoms with van der Waals surface area (Å²) in [6, 6.07) is 0. The van der Waals surface area contributed by atoms with Crippen molar-refractivity contribution in [1.29, 1.82) is 0 Å².